The molecule has 3 aromatic carbocycles. The third kappa shape index (κ3) is 4.83. The van der Waals surface area contributed by atoms with E-state index in [-0.39, 0.29) is 18.1 Å². The van der Waals surface area contributed by atoms with E-state index in [1.165, 1.54) is 18.3 Å². The van der Waals surface area contributed by atoms with Gasteiger partial charge in [0.1, 0.15) is 11.5 Å². The predicted molar refractivity (Wildman–Crippen MR) is 113 cm³/mol. The average Bonchev–Trinajstić information content (AvgIpc) is 3.22. The summed E-state index contributed by atoms with van der Waals surface area (Å²) in [6, 6.07) is 21.5. The van der Waals surface area contributed by atoms with Crippen LogP contribution in [0, 0.1) is 0 Å². The molecule has 0 saturated carbocycles. The van der Waals surface area contributed by atoms with Crippen LogP contribution in [0.4, 0.5) is 13.2 Å². The summed E-state index contributed by atoms with van der Waals surface area (Å²) >= 11 is 0. The number of halogens is 3. The van der Waals surface area contributed by atoms with Gasteiger partial charge >= 0.3 is 6.18 Å². The second-order valence-corrected chi connectivity index (χ2v) is 6.89. The van der Waals surface area contributed by atoms with Gasteiger partial charge in [-0.3, -0.25) is 4.79 Å². The van der Waals surface area contributed by atoms with Gasteiger partial charge in [-0.2, -0.15) is 18.3 Å². The second kappa shape index (κ2) is 8.47. The maximum Gasteiger partial charge on any atom is 0.416 e. The van der Waals surface area contributed by atoms with Gasteiger partial charge in [-0.05, 0) is 40.6 Å². The number of carbonyl (C=O) groups is 1. The van der Waals surface area contributed by atoms with Crippen molar-refractivity contribution in [1.29, 1.82) is 0 Å². The molecule has 4 rings (SSSR count). The van der Waals surface area contributed by atoms with Gasteiger partial charge in [-0.25, -0.2) is 5.43 Å². The number of hydrazone groups is 1. The van der Waals surface area contributed by atoms with Crippen molar-refractivity contribution in [2.24, 2.45) is 5.10 Å². The van der Waals surface area contributed by atoms with E-state index in [4.69, 9.17) is 4.42 Å². The molecule has 0 aliphatic heterocycles. The van der Waals surface area contributed by atoms with E-state index in [9.17, 15) is 18.0 Å². The molecule has 7 heteroatoms. The molecule has 0 atom stereocenters. The second-order valence-electron chi connectivity index (χ2n) is 6.89. The number of hydrogen-bond acceptors (Lipinski definition) is 3. The van der Waals surface area contributed by atoms with Crippen LogP contribution in [0.15, 0.2) is 88.4 Å². The van der Waals surface area contributed by atoms with Gasteiger partial charge in [0.05, 0.1) is 18.2 Å². The highest BCUT2D eigenvalue weighted by Crippen LogP contribution is 2.32. The number of benzene rings is 3. The zero-order valence-electron chi connectivity index (χ0n) is 16.2. The summed E-state index contributed by atoms with van der Waals surface area (Å²) in [5.74, 6) is 0.282. The molecule has 0 aliphatic rings. The van der Waals surface area contributed by atoms with Crippen molar-refractivity contribution in [3.63, 3.8) is 0 Å². The maximum atomic E-state index is 12.9. The fourth-order valence-corrected chi connectivity index (χ4v) is 3.25. The standard InChI is InChI=1S/C24H17F3N2O2/c25-24(26,27)19-9-4-8-18(13-19)22-12-11-20(31-22)15-28-29-23(30)14-17-7-3-6-16-5-1-2-10-21(16)17/h1-13,15H,14H2,(H,29,30)/b28-15+. The molecule has 0 spiro atoms. The lowest BCUT2D eigenvalue weighted by Gasteiger charge is -2.07. The van der Waals surface area contributed by atoms with Crippen LogP contribution in [0.3, 0.4) is 0 Å². The van der Waals surface area contributed by atoms with Gasteiger partial charge in [0.15, 0.2) is 0 Å². The highest BCUT2D eigenvalue weighted by molar-refractivity contribution is 5.90. The number of alkyl halides is 3. The molecule has 0 bridgehead atoms. The van der Waals surface area contributed by atoms with Crippen LogP contribution in [0.25, 0.3) is 22.1 Å². The molecule has 31 heavy (non-hydrogen) atoms. The fraction of sp³-hybridized carbons (Fsp3) is 0.0833. The number of furan rings is 1. The van der Waals surface area contributed by atoms with Gasteiger partial charge in [-0.15, -0.1) is 0 Å². The summed E-state index contributed by atoms with van der Waals surface area (Å²) in [5, 5.41) is 5.93. The minimum absolute atomic E-state index is 0.159. The summed E-state index contributed by atoms with van der Waals surface area (Å²) < 4.78 is 44.2. The van der Waals surface area contributed by atoms with Gasteiger partial charge in [0.25, 0.3) is 0 Å². The van der Waals surface area contributed by atoms with E-state index in [2.05, 4.69) is 10.5 Å². The number of carbonyl (C=O) groups excluding carboxylic acids is 1. The van der Waals surface area contributed by atoms with Crippen LogP contribution in [0.1, 0.15) is 16.9 Å². The average molecular weight is 422 g/mol. The molecular formula is C24H17F3N2O2. The molecule has 1 amide bonds. The highest BCUT2D eigenvalue weighted by atomic mass is 19.4. The lowest BCUT2D eigenvalue weighted by Crippen LogP contribution is -2.19. The first-order valence-electron chi connectivity index (χ1n) is 9.46. The summed E-state index contributed by atoms with van der Waals surface area (Å²) in [6.45, 7) is 0. The Labute approximate surface area is 176 Å². The topological polar surface area (TPSA) is 54.6 Å². The molecule has 1 aromatic heterocycles. The normalized spacial score (nSPS) is 11.8. The molecule has 1 N–H and O–H groups in total. The third-order valence-electron chi connectivity index (χ3n) is 4.71. The monoisotopic (exact) mass is 422 g/mol. The Morgan fingerprint density at radius 2 is 1.74 bits per heavy atom. The molecule has 0 saturated heterocycles. The maximum absolute atomic E-state index is 12.9. The summed E-state index contributed by atoms with van der Waals surface area (Å²) in [6.07, 6.45) is -2.97. The fourth-order valence-electron chi connectivity index (χ4n) is 3.25. The third-order valence-corrected chi connectivity index (χ3v) is 4.71. The van der Waals surface area contributed by atoms with E-state index >= 15 is 0 Å². The quantitative estimate of drug-likeness (QED) is 0.326. The largest absolute Gasteiger partial charge is 0.455 e. The minimum atomic E-state index is -4.43. The number of nitrogens with zero attached hydrogens (tertiary/aromatic N) is 1. The Balaban J connectivity index is 1.41. The number of amides is 1. The summed E-state index contributed by atoms with van der Waals surface area (Å²) in [4.78, 5) is 12.2. The van der Waals surface area contributed by atoms with Crippen molar-refractivity contribution >= 4 is 22.9 Å². The highest BCUT2D eigenvalue weighted by Gasteiger charge is 2.30. The Hall–Kier alpha value is -3.87. The number of hydrogen-bond donors (Lipinski definition) is 1. The Morgan fingerprint density at radius 3 is 2.58 bits per heavy atom. The van der Waals surface area contributed by atoms with Crippen LogP contribution < -0.4 is 5.43 Å². The Morgan fingerprint density at radius 1 is 0.968 bits per heavy atom. The van der Waals surface area contributed by atoms with Crippen molar-refractivity contribution in [3.8, 4) is 11.3 Å². The minimum Gasteiger partial charge on any atom is -0.455 e. The van der Waals surface area contributed by atoms with Crippen molar-refractivity contribution in [2.45, 2.75) is 12.6 Å². The lowest BCUT2D eigenvalue weighted by atomic mass is 10.0. The zero-order chi connectivity index (χ0) is 21.8. The molecular weight excluding hydrogens is 405 g/mol. The van der Waals surface area contributed by atoms with Gasteiger partial charge < -0.3 is 4.42 Å². The molecule has 4 nitrogen and oxygen atoms in total. The van der Waals surface area contributed by atoms with E-state index in [0.29, 0.717) is 11.3 Å². The predicted octanol–water partition coefficient (Wildman–Crippen LogP) is 5.81. The molecule has 0 radical (unpaired) electrons. The lowest BCUT2D eigenvalue weighted by molar-refractivity contribution is -0.137. The number of nitrogens with one attached hydrogen (secondary N) is 1. The van der Waals surface area contributed by atoms with Gasteiger partial charge in [0.2, 0.25) is 5.91 Å². The molecule has 1 heterocycles. The first kappa shape index (κ1) is 20.4. The van der Waals surface area contributed by atoms with Crippen LogP contribution >= 0.6 is 0 Å². The van der Waals surface area contributed by atoms with Crippen LogP contribution in [0.2, 0.25) is 0 Å². The molecule has 0 aliphatic carbocycles. The van der Waals surface area contributed by atoms with Crippen molar-refractivity contribution in [1.82, 2.24) is 5.43 Å². The van der Waals surface area contributed by atoms with Crippen molar-refractivity contribution in [2.75, 3.05) is 0 Å². The smallest absolute Gasteiger partial charge is 0.416 e. The van der Waals surface area contributed by atoms with Gasteiger partial charge in [0, 0.05) is 5.56 Å². The zero-order valence-corrected chi connectivity index (χ0v) is 16.2. The molecule has 0 unspecified atom stereocenters. The van der Waals surface area contributed by atoms with E-state index in [1.807, 2.05) is 42.5 Å². The number of rotatable bonds is 5. The molecule has 0 fully saturated rings. The van der Waals surface area contributed by atoms with Crippen molar-refractivity contribution < 1.29 is 22.4 Å². The van der Waals surface area contributed by atoms with Crippen LogP contribution in [-0.2, 0) is 17.4 Å². The molecule has 4 aromatic rings. The Kier molecular flexibility index (Phi) is 5.58. The van der Waals surface area contributed by atoms with Crippen molar-refractivity contribution in [3.05, 3.63) is 95.7 Å². The van der Waals surface area contributed by atoms with E-state index in [1.54, 1.807) is 12.1 Å². The SMILES string of the molecule is O=C(Cc1cccc2ccccc12)N/N=C/c1ccc(-c2cccc(C(F)(F)F)c2)o1. The van der Waals surface area contributed by atoms with Crippen LogP contribution in [-0.4, -0.2) is 12.1 Å². The summed E-state index contributed by atoms with van der Waals surface area (Å²) in [5.41, 5.74) is 2.88. The first-order valence-corrected chi connectivity index (χ1v) is 9.46. The molecule has 156 valence electrons. The number of fused-ring (bicyclic) bond motifs is 1. The van der Waals surface area contributed by atoms with E-state index in [0.717, 1.165) is 28.5 Å². The van der Waals surface area contributed by atoms with Crippen LogP contribution in [0.5, 0.6) is 0 Å². The van der Waals surface area contributed by atoms with Gasteiger partial charge in [-0.1, -0.05) is 54.6 Å². The first-order chi connectivity index (χ1) is 14.9. The van der Waals surface area contributed by atoms with E-state index < -0.39 is 11.7 Å². The Bertz CT molecular complexity index is 1250. The summed E-state index contributed by atoms with van der Waals surface area (Å²) in [7, 11) is 0.